The van der Waals surface area contributed by atoms with Crippen molar-refractivity contribution in [2.24, 2.45) is 0 Å². The van der Waals surface area contributed by atoms with Crippen LogP contribution in [0, 0.1) is 15.9 Å². The fraction of sp³-hybridized carbons (Fsp3) is 0.125. The van der Waals surface area contributed by atoms with Gasteiger partial charge in [-0.3, -0.25) is 20.4 Å². The second kappa shape index (κ2) is 5.95. The predicted molar refractivity (Wildman–Crippen MR) is 79.2 cm³/mol. The monoisotopic (exact) mass is 300 g/mol. The van der Waals surface area contributed by atoms with Crippen LogP contribution in [0.25, 0.3) is 5.70 Å². The van der Waals surface area contributed by atoms with E-state index in [1.165, 1.54) is 24.3 Å². The van der Waals surface area contributed by atoms with E-state index in [4.69, 9.17) is 4.84 Å². The smallest absolute Gasteiger partial charge is 0.268 e. The van der Waals surface area contributed by atoms with Gasteiger partial charge in [0.15, 0.2) is 0 Å². The molecule has 2 aromatic carbocycles. The zero-order chi connectivity index (χ0) is 15.5. The molecule has 22 heavy (non-hydrogen) atoms. The molecular formula is C16H13FN2O3. The highest BCUT2D eigenvalue weighted by Crippen LogP contribution is 2.22. The molecule has 1 aliphatic heterocycles. The topological polar surface area (TPSA) is 64.4 Å². The van der Waals surface area contributed by atoms with Crippen LogP contribution in [-0.2, 0) is 11.3 Å². The molecule has 0 aliphatic carbocycles. The van der Waals surface area contributed by atoms with Crippen molar-refractivity contribution in [3.8, 4) is 0 Å². The van der Waals surface area contributed by atoms with Crippen LogP contribution < -0.4 is 5.48 Å². The van der Waals surface area contributed by atoms with Gasteiger partial charge in [0.1, 0.15) is 11.9 Å². The highest BCUT2D eigenvalue weighted by molar-refractivity contribution is 5.65. The van der Waals surface area contributed by atoms with Crippen molar-refractivity contribution < 1.29 is 14.2 Å². The van der Waals surface area contributed by atoms with E-state index in [1.807, 2.05) is 6.08 Å². The number of benzene rings is 2. The number of rotatable bonds is 4. The Morgan fingerprint density at radius 3 is 2.45 bits per heavy atom. The van der Waals surface area contributed by atoms with Gasteiger partial charge in [0.2, 0.25) is 0 Å². The average molecular weight is 300 g/mol. The predicted octanol–water partition coefficient (Wildman–Crippen LogP) is 3.22. The average Bonchev–Trinajstić information content (AvgIpc) is 2.98. The van der Waals surface area contributed by atoms with E-state index in [9.17, 15) is 14.5 Å². The van der Waals surface area contributed by atoms with E-state index in [1.54, 1.807) is 24.3 Å². The Bertz CT molecular complexity index is 711. The van der Waals surface area contributed by atoms with Crippen LogP contribution in [-0.4, -0.2) is 11.0 Å². The summed E-state index contributed by atoms with van der Waals surface area (Å²) in [6, 6.07) is 12.5. The number of non-ortho nitro benzene ring substituents is 1. The largest absolute Gasteiger partial charge is 0.269 e. The summed E-state index contributed by atoms with van der Waals surface area (Å²) in [5.74, 6) is -0.267. The molecule has 0 radical (unpaired) electrons. The lowest BCUT2D eigenvalue weighted by Gasteiger charge is -2.07. The van der Waals surface area contributed by atoms with E-state index in [0.717, 1.165) is 16.8 Å². The first-order valence-corrected chi connectivity index (χ1v) is 6.74. The molecule has 1 atom stereocenters. The lowest BCUT2D eigenvalue weighted by molar-refractivity contribution is -0.384. The minimum atomic E-state index is -0.436. The number of nitro groups is 1. The molecule has 1 N–H and O–H groups in total. The van der Waals surface area contributed by atoms with Gasteiger partial charge in [-0.15, -0.1) is 0 Å². The lowest BCUT2D eigenvalue weighted by atomic mass is 10.1. The summed E-state index contributed by atoms with van der Waals surface area (Å²) in [5.41, 5.74) is 5.41. The number of nitro benzene ring substituents is 1. The van der Waals surface area contributed by atoms with Crippen LogP contribution in [0.4, 0.5) is 10.1 Å². The molecule has 1 aliphatic rings. The number of hydrogen-bond donors (Lipinski definition) is 1. The number of hydroxylamine groups is 1. The lowest BCUT2D eigenvalue weighted by Crippen LogP contribution is -2.14. The third kappa shape index (κ3) is 3.12. The number of halogens is 1. The Labute approximate surface area is 126 Å². The fourth-order valence-corrected chi connectivity index (χ4v) is 2.26. The van der Waals surface area contributed by atoms with Gasteiger partial charge >= 0.3 is 0 Å². The molecule has 112 valence electrons. The zero-order valence-corrected chi connectivity index (χ0v) is 11.5. The Morgan fingerprint density at radius 2 is 1.82 bits per heavy atom. The SMILES string of the molecule is O=[N+]([O-])c1ccc(C2=CC(Cc3ccc(F)cc3)ON2)cc1. The first-order valence-electron chi connectivity index (χ1n) is 6.74. The first kappa shape index (κ1) is 14.2. The molecule has 0 aromatic heterocycles. The van der Waals surface area contributed by atoms with E-state index >= 15 is 0 Å². The number of hydrogen-bond acceptors (Lipinski definition) is 4. The zero-order valence-electron chi connectivity index (χ0n) is 11.5. The van der Waals surface area contributed by atoms with E-state index < -0.39 is 4.92 Å². The second-order valence-electron chi connectivity index (χ2n) is 4.97. The molecule has 5 nitrogen and oxygen atoms in total. The van der Waals surface area contributed by atoms with Crippen LogP contribution in [0.2, 0.25) is 0 Å². The normalized spacial score (nSPS) is 17.0. The molecule has 1 unspecified atom stereocenters. The summed E-state index contributed by atoms with van der Waals surface area (Å²) in [7, 11) is 0. The van der Waals surface area contributed by atoms with Crippen molar-refractivity contribution in [1.29, 1.82) is 0 Å². The molecule has 1 heterocycles. The fourth-order valence-electron chi connectivity index (χ4n) is 2.26. The van der Waals surface area contributed by atoms with Gasteiger partial charge in [-0.05, 0) is 35.9 Å². The number of nitrogens with zero attached hydrogens (tertiary/aromatic N) is 1. The van der Waals surface area contributed by atoms with Gasteiger partial charge in [-0.25, -0.2) is 4.39 Å². The Hall–Kier alpha value is -2.73. The Balaban J connectivity index is 1.71. The van der Waals surface area contributed by atoms with E-state index in [-0.39, 0.29) is 17.6 Å². The number of nitrogens with one attached hydrogen (secondary N) is 1. The van der Waals surface area contributed by atoms with Gasteiger partial charge in [0.05, 0.1) is 10.6 Å². The molecule has 0 saturated heterocycles. The van der Waals surface area contributed by atoms with Crippen LogP contribution in [0.3, 0.4) is 0 Å². The summed E-state index contributed by atoms with van der Waals surface area (Å²) >= 11 is 0. The van der Waals surface area contributed by atoms with Crippen molar-refractivity contribution in [2.75, 3.05) is 0 Å². The maximum atomic E-state index is 12.9. The van der Waals surface area contributed by atoms with Crippen LogP contribution >= 0.6 is 0 Å². The Morgan fingerprint density at radius 1 is 1.14 bits per heavy atom. The van der Waals surface area contributed by atoms with Crippen molar-refractivity contribution in [3.63, 3.8) is 0 Å². The summed E-state index contributed by atoms with van der Waals surface area (Å²) in [5, 5.41) is 10.6. The van der Waals surface area contributed by atoms with Crippen LogP contribution in [0.15, 0.2) is 54.6 Å². The third-order valence-electron chi connectivity index (χ3n) is 3.41. The maximum Gasteiger partial charge on any atom is 0.269 e. The summed E-state index contributed by atoms with van der Waals surface area (Å²) in [4.78, 5) is 15.7. The summed E-state index contributed by atoms with van der Waals surface area (Å²) < 4.78 is 12.9. The molecule has 0 amide bonds. The Kier molecular flexibility index (Phi) is 3.84. The third-order valence-corrected chi connectivity index (χ3v) is 3.41. The van der Waals surface area contributed by atoms with Gasteiger partial charge in [0.25, 0.3) is 5.69 Å². The molecule has 0 saturated carbocycles. The highest BCUT2D eigenvalue weighted by atomic mass is 19.1. The molecule has 0 fully saturated rings. The standard InChI is InChI=1S/C16H13FN2O3/c17-13-5-1-11(2-6-13)9-15-10-16(18-22-15)12-3-7-14(8-4-12)19(20)21/h1-8,10,15,18H,9H2. The van der Waals surface area contributed by atoms with Crippen LogP contribution in [0.1, 0.15) is 11.1 Å². The first-order chi connectivity index (χ1) is 10.6. The minimum Gasteiger partial charge on any atom is -0.268 e. The summed E-state index contributed by atoms with van der Waals surface area (Å²) in [6.45, 7) is 0. The van der Waals surface area contributed by atoms with E-state index in [2.05, 4.69) is 5.48 Å². The van der Waals surface area contributed by atoms with Crippen molar-refractivity contribution in [1.82, 2.24) is 5.48 Å². The highest BCUT2D eigenvalue weighted by Gasteiger charge is 2.18. The maximum absolute atomic E-state index is 12.9. The van der Waals surface area contributed by atoms with Crippen molar-refractivity contribution in [3.05, 3.63) is 81.7 Å². The minimum absolute atomic E-state index is 0.0473. The molecule has 0 spiro atoms. The summed E-state index contributed by atoms with van der Waals surface area (Å²) in [6.07, 6.45) is 2.35. The van der Waals surface area contributed by atoms with Gasteiger partial charge in [0, 0.05) is 24.1 Å². The van der Waals surface area contributed by atoms with Gasteiger partial charge in [-0.1, -0.05) is 12.1 Å². The van der Waals surface area contributed by atoms with Crippen LogP contribution in [0.5, 0.6) is 0 Å². The molecule has 3 rings (SSSR count). The van der Waals surface area contributed by atoms with E-state index in [0.29, 0.717) is 6.42 Å². The second-order valence-corrected chi connectivity index (χ2v) is 4.97. The molecule has 0 bridgehead atoms. The van der Waals surface area contributed by atoms with Gasteiger partial charge < -0.3 is 0 Å². The van der Waals surface area contributed by atoms with Gasteiger partial charge in [-0.2, -0.15) is 0 Å². The molecule has 6 heteroatoms. The van der Waals surface area contributed by atoms with Crippen molar-refractivity contribution in [2.45, 2.75) is 12.5 Å². The van der Waals surface area contributed by atoms with Crippen molar-refractivity contribution >= 4 is 11.4 Å². The molecular weight excluding hydrogens is 287 g/mol. The quantitative estimate of drug-likeness (QED) is 0.695. The molecule has 2 aromatic rings.